The van der Waals surface area contributed by atoms with Gasteiger partial charge in [0, 0.05) is 19.3 Å². The highest BCUT2D eigenvalue weighted by Gasteiger charge is 2.24. The fourth-order valence-corrected chi connectivity index (χ4v) is 1.55. The molecule has 0 unspecified atom stereocenters. The van der Waals surface area contributed by atoms with E-state index in [1.54, 1.807) is 7.05 Å². The van der Waals surface area contributed by atoms with Crippen LogP contribution in [-0.4, -0.2) is 46.4 Å². The topological polar surface area (TPSA) is 82.5 Å². The lowest BCUT2D eigenvalue weighted by Crippen LogP contribution is -2.39. The summed E-state index contributed by atoms with van der Waals surface area (Å²) in [7, 11) is 1.54. The summed E-state index contributed by atoms with van der Waals surface area (Å²) in [5.74, 6) is -0.581. The van der Waals surface area contributed by atoms with Crippen LogP contribution in [0.2, 0.25) is 0 Å². The van der Waals surface area contributed by atoms with Gasteiger partial charge in [0.2, 0.25) is 5.91 Å². The smallest absolute Gasteiger partial charge is 0.255 e. The van der Waals surface area contributed by atoms with E-state index in [0.29, 0.717) is 0 Å². The minimum Gasteiger partial charge on any atom is -0.506 e. The maximum atomic E-state index is 11.9. The predicted molar refractivity (Wildman–Crippen MR) is 64.0 cm³/mol. The van der Waals surface area contributed by atoms with E-state index >= 15 is 0 Å². The van der Waals surface area contributed by atoms with Crippen molar-refractivity contribution in [3.63, 3.8) is 0 Å². The van der Waals surface area contributed by atoms with E-state index < -0.39 is 0 Å². The molecule has 0 atom stereocenters. The molecular weight excluding hydrogens is 234 g/mol. The average Bonchev–Trinajstić information content (AvgIpc) is 3.11. The molecule has 0 aliphatic heterocycles. The van der Waals surface area contributed by atoms with Crippen molar-refractivity contribution in [1.82, 2.24) is 15.2 Å². The van der Waals surface area contributed by atoms with Crippen LogP contribution in [0.5, 0.6) is 5.75 Å². The largest absolute Gasteiger partial charge is 0.506 e. The Morgan fingerprint density at radius 1 is 1.50 bits per heavy atom. The van der Waals surface area contributed by atoms with Gasteiger partial charge in [-0.1, -0.05) is 0 Å². The second kappa shape index (κ2) is 5.03. The van der Waals surface area contributed by atoms with E-state index in [1.807, 2.05) is 0 Å². The van der Waals surface area contributed by atoms with Crippen molar-refractivity contribution in [1.29, 1.82) is 0 Å². The Bertz CT molecular complexity index is 471. The Hall–Kier alpha value is -2.11. The van der Waals surface area contributed by atoms with Gasteiger partial charge < -0.3 is 15.3 Å². The number of hydrogen-bond donors (Lipinski definition) is 2. The number of hydrogen-bond acceptors (Lipinski definition) is 4. The van der Waals surface area contributed by atoms with E-state index in [-0.39, 0.29) is 35.7 Å². The molecule has 0 aromatic carbocycles. The van der Waals surface area contributed by atoms with E-state index in [2.05, 4.69) is 10.3 Å². The highest BCUT2D eigenvalue weighted by Crippen LogP contribution is 2.18. The molecule has 18 heavy (non-hydrogen) atoms. The van der Waals surface area contributed by atoms with Crippen molar-refractivity contribution in [2.45, 2.75) is 18.9 Å². The number of aromatic hydroxyl groups is 1. The molecule has 2 N–H and O–H groups in total. The van der Waals surface area contributed by atoms with E-state index in [0.717, 1.165) is 12.8 Å². The van der Waals surface area contributed by atoms with Crippen LogP contribution < -0.4 is 5.32 Å². The van der Waals surface area contributed by atoms with Gasteiger partial charge in [0.05, 0.1) is 18.3 Å². The quantitative estimate of drug-likeness (QED) is 0.795. The van der Waals surface area contributed by atoms with Gasteiger partial charge in [-0.3, -0.25) is 14.6 Å². The fourth-order valence-electron chi connectivity index (χ4n) is 1.55. The van der Waals surface area contributed by atoms with Crippen LogP contribution in [-0.2, 0) is 4.79 Å². The predicted octanol–water partition coefficient (Wildman–Crippen LogP) is 0.138. The Kier molecular flexibility index (Phi) is 3.45. The molecule has 1 heterocycles. The number of amides is 2. The number of pyridine rings is 1. The Balaban J connectivity index is 1.93. The maximum absolute atomic E-state index is 11.9. The zero-order chi connectivity index (χ0) is 13.1. The average molecular weight is 249 g/mol. The van der Waals surface area contributed by atoms with Gasteiger partial charge in [-0.15, -0.1) is 0 Å². The van der Waals surface area contributed by atoms with Crippen molar-refractivity contribution < 1.29 is 14.7 Å². The van der Waals surface area contributed by atoms with Crippen molar-refractivity contribution in [3.8, 4) is 5.75 Å². The molecule has 1 saturated carbocycles. The van der Waals surface area contributed by atoms with Crippen LogP contribution in [0.4, 0.5) is 0 Å². The number of rotatable bonds is 4. The standard InChI is InChI=1S/C12H15N3O3/c1-15(7-11(17)14-9-2-3-9)12(18)8-4-10(16)6-13-5-8/h4-6,9,16H,2-3,7H2,1H3,(H,14,17). The molecule has 0 saturated heterocycles. The van der Waals surface area contributed by atoms with Gasteiger partial charge in [0.15, 0.2) is 0 Å². The molecule has 0 radical (unpaired) electrons. The number of likely N-dealkylation sites (N-methyl/N-ethyl adjacent to an activating group) is 1. The lowest BCUT2D eigenvalue weighted by atomic mass is 10.2. The first kappa shape index (κ1) is 12.3. The van der Waals surface area contributed by atoms with Gasteiger partial charge in [-0.2, -0.15) is 0 Å². The third kappa shape index (κ3) is 3.19. The Morgan fingerprint density at radius 2 is 2.22 bits per heavy atom. The fraction of sp³-hybridized carbons (Fsp3) is 0.417. The highest BCUT2D eigenvalue weighted by molar-refractivity contribution is 5.96. The second-order valence-electron chi connectivity index (χ2n) is 4.43. The van der Waals surface area contributed by atoms with Crippen LogP contribution in [0.15, 0.2) is 18.5 Å². The summed E-state index contributed by atoms with van der Waals surface area (Å²) in [6.45, 7) is 0.00495. The highest BCUT2D eigenvalue weighted by atomic mass is 16.3. The van der Waals surface area contributed by atoms with Gasteiger partial charge in [-0.05, 0) is 18.9 Å². The Labute approximate surface area is 105 Å². The molecule has 6 heteroatoms. The number of carbonyl (C=O) groups excluding carboxylic acids is 2. The SMILES string of the molecule is CN(CC(=O)NC1CC1)C(=O)c1cncc(O)c1. The van der Waals surface area contributed by atoms with Crippen LogP contribution in [0.25, 0.3) is 0 Å². The normalized spacial score (nSPS) is 14.1. The van der Waals surface area contributed by atoms with Crippen LogP contribution >= 0.6 is 0 Å². The van der Waals surface area contributed by atoms with Crippen LogP contribution in [0, 0.1) is 0 Å². The Morgan fingerprint density at radius 3 is 2.83 bits per heavy atom. The summed E-state index contributed by atoms with van der Waals surface area (Å²) >= 11 is 0. The molecule has 1 aliphatic rings. The third-order valence-electron chi connectivity index (χ3n) is 2.64. The number of nitrogens with one attached hydrogen (secondary N) is 1. The van der Waals surface area contributed by atoms with E-state index in [4.69, 9.17) is 0 Å². The van der Waals surface area contributed by atoms with Gasteiger partial charge >= 0.3 is 0 Å². The van der Waals surface area contributed by atoms with Crippen LogP contribution in [0.3, 0.4) is 0 Å². The third-order valence-corrected chi connectivity index (χ3v) is 2.64. The zero-order valence-corrected chi connectivity index (χ0v) is 10.1. The number of nitrogens with zero attached hydrogens (tertiary/aromatic N) is 2. The second-order valence-corrected chi connectivity index (χ2v) is 4.43. The maximum Gasteiger partial charge on any atom is 0.255 e. The summed E-state index contributed by atoms with van der Waals surface area (Å²) in [6.07, 6.45) is 4.63. The number of carbonyl (C=O) groups is 2. The summed E-state index contributed by atoms with van der Waals surface area (Å²) in [5, 5.41) is 12.0. The zero-order valence-electron chi connectivity index (χ0n) is 10.1. The first-order valence-corrected chi connectivity index (χ1v) is 5.75. The molecule has 6 nitrogen and oxygen atoms in total. The van der Waals surface area contributed by atoms with Gasteiger partial charge in [-0.25, -0.2) is 0 Å². The molecule has 1 aromatic rings. The first-order valence-electron chi connectivity index (χ1n) is 5.75. The lowest BCUT2D eigenvalue weighted by Gasteiger charge is -2.16. The summed E-state index contributed by atoms with van der Waals surface area (Å²) < 4.78 is 0. The summed E-state index contributed by atoms with van der Waals surface area (Å²) in [4.78, 5) is 28.5. The summed E-state index contributed by atoms with van der Waals surface area (Å²) in [6, 6.07) is 1.60. The molecule has 0 spiro atoms. The molecular formula is C12H15N3O3. The van der Waals surface area contributed by atoms with Crippen molar-refractivity contribution in [2.75, 3.05) is 13.6 Å². The monoisotopic (exact) mass is 249 g/mol. The van der Waals surface area contributed by atoms with E-state index in [9.17, 15) is 14.7 Å². The number of aromatic nitrogens is 1. The van der Waals surface area contributed by atoms with Crippen LogP contribution in [0.1, 0.15) is 23.2 Å². The molecule has 1 aliphatic carbocycles. The van der Waals surface area contributed by atoms with Crippen molar-refractivity contribution in [2.24, 2.45) is 0 Å². The first-order chi connectivity index (χ1) is 8.56. The minimum absolute atomic E-state index is 0.00495. The van der Waals surface area contributed by atoms with Gasteiger partial charge in [0.25, 0.3) is 5.91 Å². The van der Waals surface area contributed by atoms with E-state index in [1.165, 1.54) is 23.4 Å². The molecule has 2 amide bonds. The van der Waals surface area contributed by atoms with Gasteiger partial charge in [0.1, 0.15) is 5.75 Å². The molecule has 1 aromatic heterocycles. The van der Waals surface area contributed by atoms with Crippen molar-refractivity contribution >= 4 is 11.8 Å². The lowest BCUT2D eigenvalue weighted by molar-refractivity contribution is -0.121. The molecule has 96 valence electrons. The minimum atomic E-state index is -0.343. The molecule has 0 bridgehead atoms. The summed E-state index contributed by atoms with van der Waals surface area (Å²) in [5.41, 5.74) is 0.261. The molecule has 1 fully saturated rings. The molecule has 2 rings (SSSR count). The van der Waals surface area contributed by atoms with Crippen molar-refractivity contribution in [3.05, 3.63) is 24.0 Å².